The van der Waals surface area contributed by atoms with Crippen LogP contribution >= 0.6 is 0 Å². The second-order valence-corrected chi connectivity index (χ2v) is 10.7. The molecule has 1 saturated carbocycles. The molecule has 2 fully saturated rings. The summed E-state index contributed by atoms with van der Waals surface area (Å²) in [7, 11) is -3.63. The number of amides is 2. The van der Waals surface area contributed by atoms with Gasteiger partial charge in [-0.05, 0) is 67.7 Å². The van der Waals surface area contributed by atoms with Gasteiger partial charge in [-0.25, -0.2) is 8.42 Å². The minimum atomic E-state index is -3.63. The Labute approximate surface area is 194 Å². The maximum Gasteiger partial charge on any atom is 0.244 e. The molecule has 4 rings (SSSR count). The lowest BCUT2D eigenvalue weighted by Gasteiger charge is -2.31. The molecule has 176 valence electrons. The number of hydrogen-bond acceptors (Lipinski definition) is 5. The number of anilines is 1. The largest absolute Gasteiger partial charge is 0.461 e. The third kappa shape index (κ3) is 5.72. The topological polar surface area (TPSA) is 109 Å². The van der Waals surface area contributed by atoms with Crippen LogP contribution in [-0.2, 0) is 19.6 Å². The molecular weight excluding hydrogens is 442 g/mol. The van der Waals surface area contributed by atoms with Crippen LogP contribution in [0.2, 0.25) is 0 Å². The summed E-state index contributed by atoms with van der Waals surface area (Å²) < 4.78 is 33.0. The van der Waals surface area contributed by atoms with Crippen LogP contribution in [0.4, 0.5) is 5.69 Å². The van der Waals surface area contributed by atoms with Crippen molar-refractivity contribution in [1.29, 1.82) is 0 Å². The van der Waals surface area contributed by atoms with Gasteiger partial charge in [-0.15, -0.1) is 0 Å². The van der Waals surface area contributed by atoms with Crippen LogP contribution in [0.3, 0.4) is 0 Å². The Balaban J connectivity index is 1.27. The van der Waals surface area contributed by atoms with E-state index in [2.05, 4.69) is 17.6 Å². The first-order valence-corrected chi connectivity index (χ1v) is 12.6. The zero-order valence-corrected chi connectivity index (χ0v) is 19.6. The second-order valence-electron chi connectivity index (χ2n) is 8.79. The van der Waals surface area contributed by atoms with E-state index in [9.17, 15) is 18.0 Å². The monoisotopic (exact) mass is 471 g/mol. The van der Waals surface area contributed by atoms with Crippen LogP contribution in [0.5, 0.6) is 0 Å². The smallest absolute Gasteiger partial charge is 0.244 e. The molecule has 0 radical (unpaired) electrons. The van der Waals surface area contributed by atoms with Gasteiger partial charge >= 0.3 is 0 Å². The van der Waals surface area contributed by atoms with Crippen molar-refractivity contribution < 1.29 is 22.4 Å². The minimum absolute atomic E-state index is 0.0878. The van der Waals surface area contributed by atoms with Gasteiger partial charge in [-0.3, -0.25) is 9.59 Å². The van der Waals surface area contributed by atoms with Crippen molar-refractivity contribution in [2.45, 2.75) is 50.0 Å². The molecule has 2 N–H and O–H groups in total. The summed E-state index contributed by atoms with van der Waals surface area (Å²) in [5.74, 6) is 2.35. The molecule has 33 heavy (non-hydrogen) atoms. The highest BCUT2D eigenvalue weighted by atomic mass is 32.2. The number of carbonyl (C=O) groups excluding carboxylic acids is 2. The molecule has 0 spiro atoms. The van der Waals surface area contributed by atoms with Crippen molar-refractivity contribution in [1.82, 2.24) is 9.62 Å². The van der Waals surface area contributed by atoms with Gasteiger partial charge < -0.3 is 15.1 Å². The Hall–Kier alpha value is -2.91. The van der Waals surface area contributed by atoms with Crippen LogP contribution in [0.25, 0.3) is 6.08 Å². The molecule has 1 aromatic heterocycles. The molecule has 2 heterocycles. The van der Waals surface area contributed by atoms with E-state index >= 15 is 0 Å². The average Bonchev–Trinajstić information content (AvgIpc) is 3.32. The van der Waals surface area contributed by atoms with Crippen molar-refractivity contribution in [2.24, 2.45) is 5.92 Å². The van der Waals surface area contributed by atoms with Gasteiger partial charge in [0.25, 0.3) is 0 Å². The number of nitrogens with one attached hydrogen (secondary N) is 2. The fourth-order valence-electron chi connectivity index (χ4n) is 4.09. The predicted molar refractivity (Wildman–Crippen MR) is 125 cm³/mol. The van der Waals surface area contributed by atoms with Crippen molar-refractivity contribution in [3.05, 3.63) is 54.0 Å². The molecule has 2 amide bonds. The highest BCUT2D eigenvalue weighted by molar-refractivity contribution is 7.89. The number of furan rings is 1. The van der Waals surface area contributed by atoms with E-state index in [4.69, 9.17) is 4.42 Å². The van der Waals surface area contributed by atoms with Crippen molar-refractivity contribution in [2.75, 3.05) is 18.4 Å². The lowest BCUT2D eigenvalue weighted by molar-refractivity contribution is -0.117. The molecule has 1 aliphatic carbocycles. The molecule has 2 aromatic rings. The van der Waals surface area contributed by atoms with Crippen molar-refractivity contribution in [3.63, 3.8) is 0 Å². The summed E-state index contributed by atoms with van der Waals surface area (Å²) in [6, 6.07) is 9.87. The minimum Gasteiger partial charge on any atom is -0.461 e. The van der Waals surface area contributed by atoms with E-state index in [-0.39, 0.29) is 22.8 Å². The van der Waals surface area contributed by atoms with Crippen molar-refractivity contribution >= 4 is 33.6 Å². The fourth-order valence-corrected chi connectivity index (χ4v) is 5.56. The van der Waals surface area contributed by atoms with E-state index in [1.54, 1.807) is 18.2 Å². The summed E-state index contributed by atoms with van der Waals surface area (Å²) >= 11 is 0. The number of rotatable bonds is 7. The van der Waals surface area contributed by atoms with E-state index in [0.717, 1.165) is 12.2 Å². The zero-order valence-electron chi connectivity index (χ0n) is 18.8. The third-order valence-corrected chi connectivity index (χ3v) is 8.05. The summed E-state index contributed by atoms with van der Waals surface area (Å²) in [5.41, 5.74) is 0.545. The summed E-state index contributed by atoms with van der Waals surface area (Å²) in [5, 5.41) is 5.57. The number of carbonyl (C=O) groups is 2. The SMILES string of the molecule is CC(=O)Nc1ccc(S(=O)(=O)N2CCC(NC(=O)/C=C/c3ccc(C4CC4C)o3)CC2)cc1. The van der Waals surface area contributed by atoms with Gasteiger partial charge in [0.1, 0.15) is 11.5 Å². The number of hydrogen-bond donors (Lipinski definition) is 2. The van der Waals surface area contributed by atoms with E-state index < -0.39 is 10.0 Å². The lowest BCUT2D eigenvalue weighted by atomic mass is 10.1. The highest BCUT2D eigenvalue weighted by Crippen LogP contribution is 2.47. The number of piperidine rings is 1. The van der Waals surface area contributed by atoms with E-state index in [1.807, 2.05) is 12.1 Å². The Morgan fingerprint density at radius 3 is 2.36 bits per heavy atom. The first-order valence-electron chi connectivity index (χ1n) is 11.2. The van der Waals surface area contributed by atoms with E-state index in [1.165, 1.54) is 29.4 Å². The summed E-state index contributed by atoms with van der Waals surface area (Å²) in [6.07, 6.45) is 5.34. The Morgan fingerprint density at radius 2 is 1.76 bits per heavy atom. The van der Waals surface area contributed by atoms with Crippen LogP contribution in [-0.4, -0.2) is 43.7 Å². The molecule has 2 aliphatic rings. The average molecular weight is 472 g/mol. The maximum absolute atomic E-state index is 12.9. The van der Waals surface area contributed by atoms with E-state index in [0.29, 0.717) is 49.2 Å². The highest BCUT2D eigenvalue weighted by Gasteiger charge is 2.36. The number of benzene rings is 1. The molecular formula is C24H29N3O5S. The van der Waals surface area contributed by atoms with Gasteiger partial charge in [0, 0.05) is 43.7 Å². The van der Waals surface area contributed by atoms with Gasteiger partial charge in [0.15, 0.2) is 0 Å². The van der Waals surface area contributed by atoms with Gasteiger partial charge in [0.05, 0.1) is 4.90 Å². The first kappa shape index (κ1) is 23.3. The van der Waals surface area contributed by atoms with Crippen molar-refractivity contribution in [3.8, 4) is 0 Å². The van der Waals surface area contributed by atoms with Gasteiger partial charge in [0.2, 0.25) is 21.8 Å². The second kappa shape index (κ2) is 9.52. The third-order valence-electron chi connectivity index (χ3n) is 6.13. The van der Waals surface area contributed by atoms with Crippen LogP contribution in [0.15, 0.2) is 51.8 Å². The molecule has 2 atom stereocenters. The quantitative estimate of drug-likeness (QED) is 0.602. The molecule has 1 aliphatic heterocycles. The zero-order chi connectivity index (χ0) is 23.6. The molecule has 0 bridgehead atoms. The summed E-state index contributed by atoms with van der Waals surface area (Å²) in [6.45, 7) is 4.24. The Kier molecular flexibility index (Phi) is 6.71. The van der Waals surface area contributed by atoms with Crippen LogP contribution in [0.1, 0.15) is 50.5 Å². The standard InChI is InChI=1S/C24H29N3O5S/c1-16-15-22(16)23-9-5-20(32-23)6-10-24(29)26-19-11-13-27(14-12-19)33(30,31)21-7-3-18(4-8-21)25-17(2)28/h3-10,16,19,22H,11-15H2,1-2H3,(H,25,28)(H,26,29)/b10-6+. The Morgan fingerprint density at radius 1 is 1.09 bits per heavy atom. The van der Waals surface area contributed by atoms with Gasteiger partial charge in [-0.1, -0.05) is 6.92 Å². The number of sulfonamides is 1. The molecule has 8 nitrogen and oxygen atoms in total. The summed E-state index contributed by atoms with van der Waals surface area (Å²) in [4.78, 5) is 23.6. The Bertz CT molecular complexity index is 1150. The van der Waals surface area contributed by atoms with Gasteiger partial charge in [-0.2, -0.15) is 4.31 Å². The number of nitrogens with zero attached hydrogens (tertiary/aromatic N) is 1. The lowest BCUT2D eigenvalue weighted by Crippen LogP contribution is -2.46. The molecule has 2 unspecified atom stereocenters. The normalized spacial score (nSPS) is 21.8. The fraction of sp³-hybridized carbons (Fsp3) is 0.417. The van der Waals surface area contributed by atoms with Crippen LogP contribution < -0.4 is 10.6 Å². The van der Waals surface area contributed by atoms with Crippen LogP contribution in [0, 0.1) is 5.92 Å². The first-order chi connectivity index (χ1) is 15.7. The predicted octanol–water partition coefficient (Wildman–Crippen LogP) is 3.34. The molecule has 9 heteroatoms. The molecule has 1 saturated heterocycles. The maximum atomic E-state index is 12.9. The molecule has 1 aromatic carbocycles.